The molecule has 88 valence electrons. The summed E-state index contributed by atoms with van der Waals surface area (Å²) in [7, 11) is 0. The first kappa shape index (κ1) is 11.6. The molecule has 2 atom stereocenters. The van der Waals surface area contributed by atoms with Crippen molar-refractivity contribution in [2.24, 2.45) is 11.8 Å². The van der Waals surface area contributed by atoms with E-state index in [0.29, 0.717) is 12.5 Å². The lowest BCUT2D eigenvalue weighted by atomic mass is 9.97. The standard InChI is InChI=1S/C12H18N2OS/c1-8-3-13-5-11(8)12(15)14-4-10-7-16-6-9(10)2/h6-8,11,13H,3-5H2,1-2H3,(H,14,15)/t8-,11-/m1/s1. The van der Waals surface area contributed by atoms with Crippen LogP contribution >= 0.6 is 11.3 Å². The summed E-state index contributed by atoms with van der Waals surface area (Å²) >= 11 is 1.69. The topological polar surface area (TPSA) is 41.1 Å². The average molecular weight is 238 g/mol. The number of hydrogen-bond acceptors (Lipinski definition) is 3. The molecule has 0 bridgehead atoms. The van der Waals surface area contributed by atoms with Gasteiger partial charge in [-0.15, -0.1) is 0 Å². The van der Waals surface area contributed by atoms with Gasteiger partial charge < -0.3 is 10.6 Å². The number of carbonyl (C=O) groups is 1. The molecule has 2 heterocycles. The van der Waals surface area contributed by atoms with E-state index in [2.05, 4.69) is 35.2 Å². The Balaban J connectivity index is 1.86. The van der Waals surface area contributed by atoms with Gasteiger partial charge >= 0.3 is 0 Å². The zero-order valence-electron chi connectivity index (χ0n) is 9.75. The molecular formula is C12H18N2OS. The van der Waals surface area contributed by atoms with E-state index in [0.717, 1.165) is 13.1 Å². The first-order chi connectivity index (χ1) is 7.68. The fourth-order valence-corrected chi connectivity index (χ4v) is 2.90. The third-order valence-electron chi connectivity index (χ3n) is 3.27. The van der Waals surface area contributed by atoms with Gasteiger partial charge in [-0.1, -0.05) is 6.92 Å². The second-order valence-corrected chi connectivity index (χ2v) is 5.28. The molecule has 16 heavy (non-hydrogen) atoms. The molecule has 1 amide bonds. The van der Waals surface area contributed by atoms with Crippen molar-refractivity contribution in [2.45, 2.75) is 20.4 Å². The lowest BCUT2D eigenvalue weighted by molar-refractivity contribution is -0.125. The van der Waals surface area contributed by atoms with Crippen LogP contribution in [0.2, 0.25) is 0 Å². The highest BCUT2D eigenvalue weighted by molar-refractivity contribution is 7.08. The fraction of sp³-hybridized carbons (Fsp3) is 0.583. The predicted molar refractivity (Wildman–Crippen MR) is 66.4 cm³/mol. The summed E-state index contributed by atoms with van der Waals surface area (Å²) in [5.41, 5.74) is 2.50. The largest absolute Gasteiger partial charge is 0.352 e. The summed E-state index contributed by atoms with van der Waals surface area (Å²) in [5, 5.41) is 10.5. The average Bonchev–Trinajstić information content (AvgIpc) is 2.84. The van der Waals surface area contributed by atoms with E-state index < -0.39 is 0 Å². The molecule has 1 aliphatic heterocycles. The predicted octanol–water partition coefficient (Wildman–Crippen LogP) is 1.53. The van der Waals surface area contributed by atoms with Crippen LogP contribution < -0.4 is 10.6 Å². The third kappa shape index (κ3) is 2.44. The van der Waals surface area contributed by atoms with Gasteiger partial charge in [0, 0.05) is 13.1 Å². The van der Waals surface area contributed by atoms with Gasteiger partial charge in [0.1, 0.15) is 0 Å². The van der Waals surface area contributed by atoms with Gasteiger partial charge in [0.15, 0.2) is 0 Å². The maximum absolute atomic E-state index is 11.9. The lowest BCUT2D eigenvalue weighted by Gasteiger charge is -2.14. The molecular weight excluding hydrogens is 220 g/mol. The summed E-state index contributed by atoms with van der Waals surface area (Å²) in [5.74, 6) is 0.769. The van der Waals surface area contributed by atoms with Crippen molar-refractivity contribution in [3.8, 4) is 0 Å². The Morgan fingerprint density at radius 2 is 2.38 bits per heavy atom. The zero-order valence-corrected chi connectivity index (χ0v) is 10.6. The quantitative estimate of drug-likeness (QED) is 0.838. The van der Waals surface area contributed by atoms with Crippen LogP contribution in [0.1, 0.15) is 18.1 Å². The number of carbonyl (C=O) groups excluding carboxylic acids is 1. The van der Waals surface area contributed by atoms with Gasteiger partial charge in [0.2, 0.25) is 5.91 Å². The van der Waals surface area contributed by atoms with E-state index in [1.807, 2.05) is 0 Å². The van der Waals surface area contributed by atoms with Gasteiger partial charge in [0.25, 0.3) is 0 Å². The molecule has 0 saturated carbocycles. The van der Waals surface area contributed by atoms with Gasteiger partial charge in [-0.25, -0.2) is 0 Å². The molecule has 1 fully saturated rings. The number of aryl methyl sites for hydroxylation is 1. The van der Waals surface area contributed by atoms with Gasteiger partial charge in [-0.05, 0) is 41.3 Å². The molecule has 0 aliphatic carbocycles. The molecule has 4 heteroatoms. The summed E-state index contributed by atoms with van der Waals surface area (Å²) in [6.45, 7) is 6.64. The van der Waals surface area contributed by atoms with Gasteiger partial charge in [-0.3, -0.25) is 4.79 Å². The Labute approximate surface area is 100 Å². The summed E-state index contributed by atoms with van der Waals surface area (Å²) in [6, 6.07) is 0. The summed E-state index contributed by atoms with van der Waals surface area (Å²) in [6.07, 6.45) is 0. The Hall–Kier alpha value is -0.870. The Kier molecular flexibility index (Phi) is 3.61. The second-order valence-electron chi connectivity index (χ2n) is 4.54. The van der Waals surface area contributed by atoms with Crippen LogP contribution in [0.5, 0.6) is 0 Å². The Morgan fingerprint density at radius 1 is 1.56 bits per heavy atom. The lowest BCUT2D eigenvalue weighted by Crippen LogP contribution is -2.33. The minimum absolute atomic E-state index is 0.138. The van der Waals surface area contributed by atoms with Crippen LogP contribution in [0, 0.1) is 18.8 Å². The van der Waals surface area contributed by atoms with Crippen molar-refractivity contribution in [3.05, 3.63) is 21.9 Å². The van der Waals surface area contributed by atoms with E-state index >= 15 is 0 Å². The minimum atomic E-state index is 0.138. The molecule has 2 N–H and O–H groups in total. The van der Waals surface area contributed by atoms with Gasteiger partial charge in [0.05, 0.1) is 5.92 Å². The third-order valence-corrected chi connectivity index (χ3v) is 4.18. The van der Waals surface area contributed by atoms with Crippen molar-refractivity contribution < 1.29 is 4.79 Å². The Morgan fingerprint density at radius 3 is 2.94 bits per heavy atom. The first-order valence-corrected chi connectivity index (χ1v) is 6.63. The minimum Gasteiger partial charge on any atom is -0.352 e. The molecule has 0 unspecified atom stereocenters. The number of rotatable bonds is 3. The SMILES string of the molecule is Cc1cscc1CNC(=O)[C@@H]1CNC[C@H]1C. The Bertz CT molecular complexity index is 375. The maximum atomic E-state index is 11.9. The molecule has 0 radical (unpaired) electrons. The van der Waals surface area contributed by atoms with Crippen LogP contribution in [0.15, 0.2) is 10.8 Å². The van der Waals surface area contributed by atoms with Crippen molar-refractivity contribution in [1.29, 1.82) is 0 Å². The normalized spacial score (nSPS) is 24.6. The maximum Gasteiger partial charge on any atom is 0.224 e. The smallest absolute Gasteiger partial charge is 0.224 e. The molecule has 1 saturated heterocycles. The van der Waals surface area contributed by atoms with Crippen LogP contribution in [-0.4, -0.2) is 19.0 Å². The van der Waals surface area contributed by atoms with E-state index in [9.17, 15) is 4.79 Å². The highest BCUT2D eigenvalue weighted by atomic mass is 32.1. The highest BCUT2D eigenvalue weighted by Gasteiger charge is 2.29. The van der Waals surface area contributed by atoms with E-state index in [1.165, 1.54) is 11.1 Å². The molecule has 1 aromatic heterocycles. The molecule has 0 spiro atoms. The highest BCUT2D eigenvalue weighted by Crippen LogP contribution is 2.17. The zero-order chi connectivity index (χ0) is 11.5. The van der Waals surface area contributed by atoms with E-state index in [4.69, 9.17) is 0 Å². The molecule has 0 aromatic carbocycles. The second kappa shape index (κ2) is 4.97. The monoisotopic (exact) mass is 238 g/mol. The number of hydrogen-bond donors (Lipinski definition) is 2. The van der Waals surface area contributed by atoms with Gasteiger partial charge in [-0.2, -0.15) is 11.3 Å². The van der Waals surface area contributed by atoms with E-state index in [-0.39, 0.29) is 11.8 Å². The van der Waals surface area contributed by atoms with Crippen LogP contribution in [0.4, 0.5) is 0 Å². The van der Waals surface area contributed by atoms with Crippen molar-refractivity contribution in [1.82, 2.24) is 10.6 Å². The number of nitrogens with one attached hydrogen (secondary N) is 2. The van der Waals surface area contributed by atoms with Crippen molar-refractivity contribution in [2.75, 3.05) is 13.1 Å². The van der Waals surface area contributed by atoms with E-state index in [1.54, 1.807) is 11.3 Å². The molecule has 1 aliphatic rings. The van der Waals surface area contributed by atoms with Crippen LogP contribution in [0.3, 0.4) is 0 Å². The number of thiophene rings is 1. The van der Waals surface area contributed by atoms with Crippen LogP contribution in [-0.2, 0) is 11.3 Å². The fourth-order valence-electron chi connectivity index (χ4n) is 2.04. The first-order valence-electron chi connectivity index (χ1n) is 5.68. The summed E-state index contributed by atoms with van der Waals surface area (Å²) < 4.78 is 0. The molecule has 1 aromatic rings. The number of amides is 1. The molecule has 3 nitrogen and oxygen atoms in total. The molecule has 2 rings (SSSR count). The van der Waals surface area contributed by atoms with Crippen LogP contribution in [0.25, 0.3) is 0 Å². The summed E-state index contributed by atoms with van der Waals surface area (Å²) in [4.78, 5) is 11.9. The van der Waals surface area contributed by atoms with Crippen molar-refractivity contribution >= 4 is 17.2 Å². The van der Waals surface area contributed by atoms with Crippen molar-refractivity contribution in [3.63, 3.8) is 0 Å².